The van der Waals surface area contributed by atoms with E-state index in [2.05, 4.69) is 16.0 Å². The quantitative estimate of drug-likeness (QED) is 0.265. The van der Waals surface area contributed by atoms with E-state index in [-0.39, 0.29) is 18.9 Å². The van der Waals surface area contributed by atoms with Crippen LogP contribution in [0.5, 0.6) is 0 Å². The fourth-order valence-corrected chi connectivity index (χ4v) is 2.22. The second-order valence-electron chi connectivity index (χ2n) is 5.55. The van der Waals surface area contributed by atoms with Crippen molar-refractivity contribution in [3.63, 3.8) is 0 Å². The molecule has 0 saturated heterocycles. The first-order valence-corrected chi connectivity index (χ1v) is 8.05. The van der Waals surface area contributed by atoms with Crippen molar-refractivity contribution in [1.29, 1.82) is 0 Å². The second kappa shape index (κ2) is 11.7. The number of nitrogens with one attached hydrogen (secondary N) is 3. The van der Waals surface area contributed by atoms with E-state index < -0.39 is 18.0 Å². The van der Waals surface area contributed by atoms with Gasteiger partial charge in [-0.15, -0.1) is 0 Å². The maximum absolute atomic E-state index is 12.3. The predicted octanol–water partition coefficient (Wildman–Crippen LogP) is -1.12. The minimum atomic E-state index is -0.766. The van der Waals surface area contributed by atoms with E-state index in [1.807, 2.05) is 30.3 Å². The van der Waals surface area contributed by atoms with Crippen LogP contribution in [-0.4, -0.2) is 49.7 Å². The van der Waals surface area contributed by atoms with E-state index in [4.69, 9.17) is 5.73 Å². The summed E-state index contributed by atoms with van der Waals surface area (Å²) >= 11 is 0. The van der Waals surface area contributed by atoms with Gasteiger partial charge in [-0.1, -0.05) is 30.3 Å². The van der Waals surface area contributed by atoms with Crippen molar-refractivity contribution in [2.24, 2.45) is 5.73 Å². The van der Waals surface area contributed by atoms with Crippen LogP contribution in [0.4, 0.5) is 0 Å². The molecule has 2 unspecified atom stereocenters. The second-order valence-corrected chi connectivity index (χ2v) is 5.55. The Bertz CT molecular complexity index is 565. The van der Waals surface area contributed by atoms with Gasteiger partial charge in [-0.05, 0) is 18.5 Å². The molecule has 1 aromatic rings. The molecule has 0 aliphatic heterocycles. The molecule has 0 bridgehead atoms. The molecular formula is C17H24N4O4. The molecule has 0 aliphatic carbocycles. The van der Waals surface area contributed by atoms with Crippen LogP contribution in [0.3, 0.4) is 0 Å². The van der Waals surface area contributed by atoms with Crippen LogP contribution in [0.25, 0.3) is 0 Å². The maximum atomic E-state index is 12.3. The molecule has 8 nitrogen and oxygen atoms in total. The molecule has 0 radical (unpaired) electrons. The molecule has 0 spiro atoms. The van der Waals surface area contributed by atoms with Gasteiger partial charge in [0.1, 0.15) is 12.3 Å². The number of rotatable bonds is 13. The zero-order valence-corrected chi connectivity index (χ0v) is 13.9. The summed E-state index contributed by atoms with van der Waals surface area (Å²) in [6.07, 6.45) is 2.22. The van der Waals surface area contributed by atoms with Gasteiger partial charge in [-0.25, -0.2) is 0 Å². The summed E-state index contributed by atoms with van der Waals surface area (Å²) in [7, 11) is 0. The van der Waals surface area contributed by atoms with Crippen molar-refractivity contribution in [1.82, 2.24) is 16.0 Å². The standard InChI is InChI=1S/C17H24N4O4/c18-16(24)7-4-8-19-10-14(11-22)21-17(25)15(20-12-23)9-13-5-2-1-3-6-13/h1-3,5-6,11-12,14-15,19H,4,7-10H2,(H2,18,24)(H,20,23)(H,21,25). The lowest BCUT2D eigenvalue weighted by Gasteiger charge is -2.19. The zero-order valence-electron chi connectivity index (χ0n) is 13.9. The summed E-state index contributed by atoms with van der Waals surface area (Å²) in [6.45, 7) is 0.732. The van der Waals surface area contributed by atoms with Crippen LogP contribution in [0.2, 0.25) is 0 Å². The normalized spacial score (nSPS) is 12.6. The highest BCUT2D eigenvalue weighted by molar-refractivity contribution is 5.86. The average Bonchev–Trinajstić information content (AvgIpc) is 2.60. The molecule has 0 fully saturated rings. The Morgan fingerprint density at radius 1 is 1.16 bits per heavy atom. The molecule has 1 aromatic carbocycles. The summed E-state index contributed by atoms with van der Waals surface area (Å²) in [5.41, 5.74) is 5.93. The van der Waals surface area contributed by atoms with Crippen molar-refractivity contribution in [3.8, 4) is 0 Å². The Morgan fingerprint density at radius 2 is 1.88 bits per heavy atom. The maximum Gasteiger partial charge on any atom is 0.243 e. The lowest BCUT2D eigenvalue weighted by atomic mass is 10.1. The lowest BCUT2D eigenvalue weighted by Crippen LogP contribution is -2.51. The molecule has 3 amide bonds. The van der Waals surface area contributed by atoms with Crippen LogP contribution < -0.4 is 21.7 Å². The molecule has 1 rings (SSSR count). The molecule has 0 heterocycles. The van der Waals surface area contributed by atoms with Gasteiger partial charge in [0.05, 0.1) is 6.04 Å². The SMILES string of the molecule is NC(=O)CCCNCC(C=O)NC(=O)C(Cc1ccccc1)NC=O. The number of hydrogen-bond donors (Lipinski definition) is 4. The van der Waals surface area contributed by atoms with Crippen molar-refractivity contribution in [2.45, 2.75) is 31.3 Å². The first kappa shape index (κ1) is 20.3. The van der Waals surface area contributed by atoms with Gasteiger partial charge >= 0.3 is 0 Å². The fourth-order valence-electron chi connectivity index (χ4n) is 2.22. The van der Waals surface area contributed by atoms with Crippen molar-refractivity contribution >= 4 is 24.5 Å². The van der Waals surface area contributed by atoms with Crippen molar-refractivity contribution < 1.29 is 19.2 Å². The smallest absolute Gasteiger partial charge is 0.243 e. The van der Waals surface area contributed by atoms with Gasteiger partial charge in [0.15, 0.2) is 0 Å². The van der Waals surface area contributed by atoms with Crippen molar-refractivity contribution in [2.75, 3.05) is 13.1 Å². The third-order valence-corrected chi connectivity index (χ3v) is 3.50. The fraction of sp³-hybridized carbons (Fsp3) is 0.412. The largest absolute Gasteiger partial charge is 0.370 e. The average molecular weight is 348 g/mol. The van der Waals surface area contributed by atoms with E-state index in [1.54, 1.807) is 0 Å². The Morgan fingerprint density at radius 3 is 2.48 bits per heavy atom. The van der Waals surface area contributed by atoms with E-state index in [0.29, 0.717) is 32.1 Å². The third-order valence-electron chi connectivity index (χ3n) is 3.50. The Hall–Kier alpha value is -2.74. The first-order valence-electron chi connectivity index (χ1n) is 8.05. The summed E-state index contributed by atoms with van der Waals surface area (Å²) in [4.78, 5) is 44.8. The van der Waals surface area contributed by atoms with Crippen LogP contribution in [0.15, 0.2) is 30.3 Å². The van der Waals surface area contributed by atoms with Crippen LogP contribution in [0.1, 0.15) is 18.4 Å². The number of nitrogens with two attached hydrogens (primary N) is 1. The lowest BCUT2D eigenvalue weighted by molar-refractivity contribution is -0.127. The van der Waals surface area contributed by atoms with Gasteiger partial charge in [-0.2, -0.15) is 0 Å². The number of amides is 3. The molecule has 8 heteroatoms. The van der Waals surface area contributed by atoms with E-state index in [1.165, 1.54) is 0 Å². The monoisotopic (exact) mass is 348 g/mol. The minimum Gasteiger partial charge on any atom is -0.370 e. The molecule has 5 N–H and O–H groups in total. The molecule has 0 saturated carbocycles. The first-order chi connectivity index (χ1) is 12.1. The Kier molecular flexibility index (Phi) is 9.54. The number of primary amides is 1. The topological polar surface area (TPSA) is 130 Å². The molecule has 25 heavy (non-hydrogen) atoms. The van der Waals surface area contributed by atoms with E-state index in [0.717, 1.165) is 5.56 Å². The zero-order chi connectivity index (χ0) is 18.5. The molecule has 2 atom stereocenters. The summed E-state index contributed by atoms with van der Waals surface area (Å²) < 4.78 is 0. The Labute approximate surface area is 146 Å². The number of carbonyl (C=O) groups is 4. The van der Waals surface area contributed by atoms with Gasteiger partial charge in [0.2, 0.25) is 18.2 Å². The number of hydrogen-bond acceptors (Lipinski definition) is 5. The molecule has 0 aliphatic rings. The summed E-state index contributed by atoms with van der Waals surface area (Å²) in [5, 5.41) is 8.03. The van der Waals surface area contributed by atoms with E-state index >= 15 is 0 Å². The number of carbonyl (C=O) groups excluding carboxylic acids is 4. The van der Waals surface area contributed by atoms with Crippen LogP contribution in [-0.2, 0) is 25.6 Å². The van der Waals surface area contributed by atoms with Gasteiger partial charge in [-0.3, -0.25) is 14.4 Å². The Balaban J connectivity index is 2.48. The molecular weight excluding hydrogens is 324 g/mol. The molecule has 136 valence electrons. The van der Waals surface area contributed by atoms with Gasteiger partial charge in [0, 0.05) is 19.4 Å². The van der Waals surface area contributed by atoms with Crippen molar-refractivity contribution in [3.05, 3.63) is 35.9 Å². The highest BCUT2D eigenvalue weighted by Crippen LogP contribution is 2.03. The highest BCUT2D eigenvalue weighted by atomic mass is 16.2. The molecule has 0 aromatic heterocycles. The number of benzene rings is 1. The summed E-state index contributed by atoms with van der Waals surface area (Å²) in [5.74, 6) is -0.822. The highest BCUT2D eigenvalue weighted by Gasteiger charge is 2.21. The van der Waals surface area contributed by atoms with Crippen LogP contribution >= 0.6 is 0 Å². The minimum absolute atomic E-state index is 0.229. The van der Waals surface area contributed by atoms with Gasteiger partial charge < -0.3 is 26.5 Å². The number of aldehydes is 1. The van der Waals surface area contributed by atoms with E-state index in [9.17, 15) is 19.2 Å². The third kappa shape index (κ3) is 8.61. The predicted molar refractivity (Wildman–Crippen MR) is 92.4 cm³/mol. The van der Waals surface area contributed by atoms with Gasteiger partial charge in [0.25, 0.3) is 0 Å². The van der Waals surface area contributed by atoms with Crippen LogP contribution in [0, 0.1) is 0 Å². The summed E-state index contributed by atoms with van der Waals surface area (Å²) in [6, 6.07) is 7.75.